The van der Waals surface area contributed by atoms with Crippen LogP contribution in [-0.2, 0) is 0 Å². The van der Waals surface area contributed by atoms with Crippen LogP contribution < -0.4 is 11.1 Å². The van der Waals surface area contributed by atoms with E-state index in [1.807, 2.05) is 6.08 Å². The summed E-state index contributed by atoms with van der Waals surface area (Å²) in [5, 5.41) is 10.2. The van der Waals surface area contributed by atoms with Crippen molar-refractivity contribution in [1.29, 1.82) is 0 Å². The molecule has 1 aromatic rings. The normalized spacial score (nSPS) is 16.5. The molecule has 2 rings (SSSR count). The zero-order valence-corrected chi connectivity index (χ0v) is 9.90. The van der Waals surface area contributed by atoms with E-state index in [-0.39, 0.29) is 0 Å². The highest BCUT2D eigenvalue weighted by atomic mass is 16.6. The van der Waals surface area contributed by atoms with Crippen LogP contribution in [0, 0.1) is 0 Å². The lowest BCUT2D eigenvalue weighted by Gasteiger charge is -2.08. The number of amidine groups is 1. The molecule has 0 fully saturated rings. The smallest absolute Gasteiger partial charge is 0.201 e. The van der Waals surface area contributed by atoms with Gasteiger partial charge in [0.15, 0.2) is 11.5 Å². The van der Waals surface area contributed by atoms with Gasteiger partial charge in [-0.15, -0.1) is 0 Å². The first-order chi connectivity index (χ1) is 8.20. The third-order valence-corrected chi connectivity index (χ3v) is 2.57. The van der Waals surface area contributed by atoms with Gasteiger partial charge in [-0.3, -0.25) is 0 Å². The van der Waals surface area contributed by atoms with E-state index in [4.69, 9.17) is 5.73 Å². The first-order valence-corrected chi connectivity index (χ1v) is 5.42. The second kappa shape index (κ2) is 4.82. The molecule has 6 heteroatoms. The van der Waals surface area contributed by atoms with E-state index < -0.39 is 0 Å². The average Bonchev–Trinajstić information content (AvgIpc) is 2.80. The molecule has 0 radical (unpaired) electrons. The second-order valence-electron chi connectivity index (χ2n) is 3.88. The molecular weight excluding hydrogens is 218 g/mol. The summed E-state index contributed by atoms with van der Waals surface area (Å²) in [6, 6.07) is 0. The van der Waals surface area contributed by atoms with Gasteiger partial charge in [-0.1, -0.05) is 11.6 Å². The lowest BCUT2D eigenvalue weighted by Crippen LogP contribution is -2.16. The number of nitrogens with one attached hydrogen (secondary N) is 1. The molecule has 0 bridgehead atoms. The van der Waals surface area contributed by atoms with Gasteiger partial charge in [-0.2, -0.15) is 0 Å². The maximum Gasteiger partial charge on any atom is 0.201 e. The molecule has 1 heterocycles. The first kappa shape index (κ1) is 11.4. The molecule has 1 aliphatic rings. The molecule has 0 amide bonds. The predicted octanol–water partition coefficient (Wildman–Crippen LogP) is 1.44. The van der Waals surface area contributed by atoms with Gasteiger partial charge in [0.25, 0.3) is 0 Å². The van der Waals surface area contributed by atoms with E-state index in [1.54, 1.807) is 7.05 Å². The quantitative estimate of drug-likeness (QED) is 0.609. The van der Waals surface area contributed by atoms with Gasteiger partial charge >= 0.3 is 0 Å². The Hall–Kier alpha value is -2.11. The average molecular weight is 233 g/mol. The lowest BCUT2D eigenvalue weighted by atomic mass is 10.0. The summed E-state index contributed by atoms with van der Waals surface area (Å²) >= 11 is 0. The fourth-order valence-corrected chi connectivity index (χ4v) is 1.55. The number of hydrogen-bond acceptors (Lipinski definition) is 5. The predicted molar refractivity (Wildman–Crippen MR) is 65.6 cm³/mol. The molecule has 0 saturated heterocycles. The SMILES string of the molecule is CNc1nonc1C(N)=NC1=CC=C(C)CC1. The van der Waals surface area contributed by atoms with Crippen LogP contribution in [0.4, 0.5) is 5.82 Å². The minimum atomic E-state index is 0.315. The van der Waals surface area contributed by atoms with Crippen molar-refractivity contribution >= 4 is 11.7 Å². The number of hydrogen-bond donors (Lipinski definition) is 2. The summed E-state index contributed by atoms with van der Waals surface area (Å²) in [4.78, 5) is 4.33. The first-order valence-electron chi connectivity index (χ1n) is 5.42. The molecule has 0 aromatic carbocycles. The van der Waals surface area contributed by atoms with Crippen LogP contribution in [0.3, 0.4) is 0 Å². The number of allylic oxidation sites excluding steroid dienone is 4. The zero-order valence-electron chi connectivity index (χ0n) is 9.90. The molecule has 0 saturated carbocycles. The van der Waals surface area contributed by atoms with Crippen molar-refractivity contribution in [3.05, 3.63) is 29.1 Å². The summed E-state index contributed by atoms with van der Waals surface area (Å²) in [6.45, 7) is 2.10. The second-order valence-corrected chi connectivity index (χ2v) is 3.88. The molecule has 90 valence electrons. The van der Waals surface area contributed by atoms with Gasteiger partial charge in [0.1, 0.15) is 0 Å². The van der Waals surface area contributed by atoms with Crippen molar-refractivity contribution in [2.45, 2.75) is 19.8 Å². The number of rotatable bonds is 3. The molecule has 3 N–H and O–H groups in total. The monoisotopic (exact) mass is 233 g/mol. The summed E-state index contributed by atoms with van der Waals surface area (Å²) in [5.41, 5.74) is 8.60. The number of nitrogens with two attached hydrogens (primary N) is 1. The molecule has 1 aliphatic carbocycles. The van der Waals surface area contributed by atoms with Crippen molar-refractivity contribution < 1.29 is 4.63 Å². The summed E-state index contributed by atoms with van der Waals surface area (Å²) in [7, 11) is 1.72. The Bertz CT molecular complexity index is 498. The Kier molecular flexibility index (Phi) is 3.22. The Morgan fingerprint density at radius 3 is 2.88 bits per heavy atom. The largest absolute Gasteiger partial charge is 0.382 e. The molecule has 0 spiro atoms. The van der Waals surface area contributed by atoms with Crippen LogP contribution in [-0.4, -0.2) is 23.2 Å². The van der Waals surface area contributed by atoms with Crippen molar-refractivity contribution in [3.63, 3.8) is 0 Å². The van der Waals surface area contributed by atoms with E-state index in [1.165, 1.54) is 5.57 Å². The molecular formula is C11H15N5O. The van der Waals surface area contributed by atoms with E-state index in [0.717, 1.165) is 18.5 Å². The highest BCUT2D eigenvalue weighted by Gasteiger charge is 2.13. The molecule has 1 aromatic heterocycles. The van der Waals surface area contributed by atoms with Gasteiger partial charge in [0.05, 0.1) is 0 Å². The van der Waals surface area contributed by atoms with Crippen LogP contribution in [0.25, 0.3) is 0 Å². The minimum Gasteiger partial charge on any atom is -0.382 e. The topological polar surface area (TPSA) is 89.3 Å². The van der Waals surface area contributed by atoms with Crippen LogP contribution >= 0.6 is 0 Å². The van der Waals surface area contributed by atoms with E-state index in [0.29, 0.717) is 17.3 Å². The number of anilines is 1. The van der Waals surface area contributed by atoms with E-state index in [2.05, 4.69) is 38.3 Å². The fraction of sp³-hybridized carbons (Fsp3) is 0.364. The molecule has 6 nitrogen and oxygen atoms in total. The Morgan fingerprint density at radius 1 is 1.41 bits per heavy atom. The number of nitrogens with zero attached hydrogens (tertiary/aromatic N) is 3. The molecule has 17 heavy (non-hydrogen) atoms. The van der Waals surface area contributed by atoms with Crippen molar-refractivity contribution in [2.24, 2.45) is 10.7 Å². The van der Waals surface area contributed by atoms with Crippen LogP contribution in [0.5, 0.6) is 0 Å². The van der Waals surface area contributed by atoms with Gasteiger partial charge in [-0.05, 0) is 36.2 Å². The van der Waals surface area contributed by atoms with Gasteiger partial charge in [0.2, 0.25) is 5.82 Å². The highest BCUT2D eigenvalue weighted by molar-refractivity contribution is 6.00. The lowest BCUT2D eigenvalue weighted by molar-refractivity contribution is 0.308. The number of aliphatic imine (C=N–C) groups is 1. The van der Waals surface area contributed by atoms with Crippen molar-refractivity contribution in [2.75, 3.05) is 12.4 Å². The van der Waals surface area contributed by atoms with Crippen LogP contribution in [0.1, 0.15) is 25.5 Å². The van der Waals surface area contributed by atoms with Crippen LogP contribution in [0.2, 0.25) is 0 Å². The third-order valence-electron chi connectivity index (χ3n) is 2.57. The highest BCUT2D eigenvalue weighted by Crippen LogP contribution is 2.19. The van der Waals surface area contributed by atoms with Gasteiger partial charge in [0, 0.05) is 12.7 Å². The fourth-order valence-electron chi connectivity index (χ4n) is 1.55. The van der Waals surface area contributed by atoms with E-state index in [9.17, 15) is 0 Å². The van der Waals surface area contributed by atoms with E-state index >= 15 is 0 Å². The molecule has 0 unspecified atom stereocenters. The standard InChI is InChI=1S/C11H15N5O/c1-7-3-5-8(6-4-7)14-10(12)9-11(13-2)16-17-15-9/h3,5H,4,6H2,1-2H3,(H2,12,14)(H,13,16). The van der Waals surface area contributed by atoms with Crippen molar-refractivity contribution in [3.8, 4) is 0 Å². The van der Waals surface area contributed by atoms with Crippen LogP contribution in [0.15, 0.2) is 33.0 Å². The Labute approximate surface area is 99.3 Å². The third kappa shape index (κ3) is 2.52. The maximum absolute atomic E-state index is 5.87. The number of aromatic nitrogens is 2. The molecule has 0 atom stereocenters. The summed E-state index contributed by atoms with van der Waals surface area (Å²) < 4.78 is 4.61. The van der Waals surface area contributed by atoms with Crippen molar-refractivity contribution in [1.82, 2.24) is 10.3 Å². The minimum absolute atomic E-state index is 0.315. The zero-order chi connectivity index (χ0) is 12.3. The van der Waals surface area contributed by atoms with Gasteiger partial charge in [-0.25, -0.2) is 9.62 Å². The Morgan fingerprint density at radius 2 is 2.24 bits per heavy atom. The summed E-state index contributed by atoms with van der Waals surface area (Å²) in [5.74, 6) is 0.809. The maximum atomic E-state index is 5.87. The molecule has 0 aliphatic heterocycles. The van der Waals surface area contributed by atoms with Gasteiger partial charge < -0.3 is 11.1 Å². The Balaban J connectivity index is 2.23. The summed E-state index contributed by atoms with van der Waals surface area (Å²) in [6.07, 6.45) is 5.93.